The Morgan fingerprint density at radius 2 is 1.23 bits per heavy atom. The van der Waals surface area contributed by atoms with Gasteiger partial charge in [0, 0.05) is 16.0 Å². The Kier molecular flexibility index (Phi) is 8.50. The Hall–Kier alpha value is -1.25. The van der Waals surface area contributed by atoms with E-state index in [1.54, 1.807) is 22.8 Å². The highest BCUT2D eigenvalue weighted by atomic mass is 127. The molecule has 0 atom stereocenters. The van der Waals surface area contributed by atoms with E-state index in [2.05, 4.69) is 37.9 Å². The molecule has 0 aliphatic heterocycles. The van der Waals surface area contributed by atoms with Gasteiger partial charge >= 0.3 is 12.0 Å². The first kappa shape index (κ1) is 26.0. The fourth-order valence-electron chi connectivity index (χ4n) is 1.94. The largest absolute Gasteiger partial charge is 0.417 e. The van der Waals surface area contributed by atoms with Gasteiger partial charge in [-0.15, -0.1) is 22.7 Å². The van der Waals surface area contributed by atoms with E-state index in [4.69, 9.17) is 0 Å². The highest BCUT2D eigenvalue weighted by Gasteiger charge is 2.45. The maximum Gasteiger partial charge on any atom is 0.417 e. The molecule has 0 aromatic carbocycles. The molecule has 0 aliphatic rings. The van der Waals surface area contributed by atoms with Crippen LogP contribution in [0.3, 0.4) is 0 Å². The van der Waals surface area contributed by atoms with Crippen LogP contribution in [0, 0.1) is 3.57 Å². The zero-order chi connectivity index (χ0) is 23.4. The first-order chi connectivity index (χ1) is 14.2. The van der Waals surface area contributed by atoms with E-state index < -0.39 is 25.6 Å². The molecule has 0 radical (unpaired) electrons. The lowest BCUT2D eigenvalue weighted by atomic mass is 10.2. The van der Waals surface area contributed by atoms with E-state index in [0.717, 1.165) is 22.9 Å². The standard InChI is InChI=1S/C8H4F3NS.C7H4INS.C4H9F3Si/c9-8(10,11)5-1-3-12-6-2-4-13-7(5)6;8-5-1-3-9-6-2-4-10-7(5)6;1-8(2,3)4(5,6)7/h1-4H;1-4H;1-3H3. The number of alkyl halides is 6. The fourth-order valence-corrected chi connectivity index (χ4v) is 4.40. The average Bonchev–Trinajstić information content (AvgIpc) is 3.29. The quantitative estimate of drug-likeness (QED) is 0.114. The van der Waals surface area contributed by atoms with Crippen LogP contribution in [0.5, 0.6) is 0 Å². The van der Waals surface area contributed by atoms with Crippen LogP contribution >= 0.6 is 45.3 Å². The van der Waals surface area contributed by atoms with Gasteiger partial charge in [0.1, 0.15) is 0 Å². The number of fused-ring (bicyclic) bond motifs is 2. The minimum Gasteiger partial charge on any atom is -0.255 e. The van der Waals surface area contributed by atoms with Crippen molar-refractivity contribution in [1.29, 1.82) is 0 Å². The summed E-state index contributed by atoms with van der Waals surface area (Å²) >= 11 is 5.13. The Morgan fingerprint density at radius 1 is 0.774 bits per heavy atom. The smallest absolute Gasteiger partial charge is 0.255 e. The molecular formula is C19H17F6IN2S2Si. The van der Waals surface area contributed by atoms with Gasteiger partial charge in [-0.2, -0.15) is 26.3 Å². The van der Waals surface area contributed by atoms with Crippen LogP contribution in [0.15, 0.2) is 47.4 Å². The second kappa shape index (κ2) is 10.1. The molecule has 31 heavy (non-hydrogen) atoms. The molecule has 0 spiro atoms. The second-order valence-corrected chi connectivity index (χ2v) is 15.2. The monoisotopic (exact) mass is 606 g/mol. The van der Waals surface area contributed by atoms with Crippen LogP contribution in [-0.2, 0) is 6.18 Å². The number of halogens is 7. The van der Waals surface area contributed by atoms with Crippen molar-refractivity contribution < 1.29 is 26.3 Å². The van der Waals surface area contributed by atoms with Crippen molar-refractivity contribution in [2.24, 2.45) is 0 Å². The Labute approximate surface area is 197 Å². The molecule has 0 unspecified atom stereocenters. The summed E-state index contributed by atoms with van der Waals surface area (Å²) in [6, 6.07) is 6.65. The van der Waals surface area contributed by atoms with E-state index in [1.165, 1.54) is 34.1 Å². The van der Waals surface area contributed by atoms with Crippen LogP contribution < -0.4 is 0 Å². The summed E-state index contributed by atoms with van der Waals surface area (Å²) in [5, 5.41) is 3.67. The Balaban J connectivity index is 0.000000171. The van der Waals surface area contributed by atoms with Gasteiger partial charge in [-0.3, -0.25) is 9.97 Å². The summed E-state index contributed by atoms with van der Waals surface area (Å²) in [5.74, 6) is -3.92. The third kappa shape index (κ3) is 7.12. The first-order valence-corrected chi connectivity index (χ1v) is 15.0. The van der Waals surface area contributed by atoms with Gasteiger partial charge in [-0.25, -0.2) is 0 Å². The van der Waals surface area contributed by atoms with Crippen molar-refractivity contribution in [3.05, 3.63) is 56.6 Å². The molecule has 0 saturated heterocycles. The van der Waals surface area contributed by atoms with Gasteiger partial charge in [0.15, 0.2) is 8.07 Å². The summed E-state index contributed by atoms with van der Waals surface area (Å²) in [7, 11) is -2.86. The molecule has 2 nitrogen and oxygen atoms in total. The van der Waals surface area contributed by atoms with Crippen molar-refractivity contribution in [1.82, 2.24) is 9.97 Å². The van der Waals surface area contributed by atoms with Gasteiger partial charge in [-0.1, -0.05) is 19.6 Å². The van der Waals surface area contributed by atoms with Gasteiger partial charge < -0.3 is 0 Å². The molecule has 168 valence electrons. The van der Waals surface area contributed by atoms with E-state index in [-0.39, 0.29) is 4.70 Å². The molecule has 4 aromatic heterocycles. The molecule has 4 aromatic rings. The number of hydrogen-bond donors (Lipinski definition) is 0. The molecule has 0 amide bonds. The molecule has 4 heterocycles. The van der Waals surface area contributed by atoms with Crippen molar-refractivity contribution in [2.45, 2.75) is 31.6 Å². The third-order valence-corrected chi connectivity index (χ3v) is 8.64. The average molecular weight is 606 g/mol. The fraction of sp³-hybridized carbons (Fsp3) is 0.263. The first-order valence-electron chi connectivity index (χ1n) is 8.65. The molecule has 0 fully saturated rings. The van der Waals surface area contributed by atoms with E-state index in [0.29, 0.717) is 5.52 Å². The van der Waals surface area contributed by atoms with Crippen LogP contribution in [-0.4, -0.2) is 23.8 Å². The second-order valence-electron chi connectivity index (χ2n) is 7.17. The highest BCUT2D eigenvalue weighted by molar-refractivity contribution is 14.1. The van der Waals surface area contributed by atoms with Crippen LogP contribution in [0.4, 0.5) is 26.3 Å². The Morgan fingerprint density at radius 3 is 1.68 bits per heavy atom. The van der Waals surface area contributed by atoms with Crippen LogP contribution in [0.25, 0.3) is 20.4 Å². The lowest BCUT2D eigenvalue weighted by molar-refractivity contribution is -0.136. The van der Waals surface area contributed by atoms with Crippen molar-refractivity contribution in [2.75, 3.05) is 0 Å². The van der Waals surface area contributed by atoms with Crippen LogP contribution in [0.1, 0.15) is 5.56 Å². The van der Waals surface area contributed by atoms with Crippen LogP contribution in [0.2, 0.25) is 19.6 Å². The van der Waals surface area contributed by atoms with Gasteiger partial charge in [0.05, 0.1) is 26.0 Å². The van der Waals surface area contributed by atoms with E-state index in [9.17, 15) is 26.3 Å². The number of thiophene rings is 2. The highest BCUT2D eigenvalue weighted by Crippen LogP contribution is 2.36. The number of rotatable bonds is 0. The molecule has 12 heteroatoms. The Bertz CT molecular complexity index is 1120. The third-order valence-electron chi connectivity index (χ3n) is 3.80. The van der Waals surface area contributed by atoms with Gasteiger partial charge in [0.2, 0.25) is 0 Å². The lowest BCUT2D eigenvalue weighted by Crippen LogP contribution is -2.40. The summed E-state index contributed by atoms with van der Waals surface area (Å²) in [6.45, 7) is 3.85. The predicted molar refractivity (Wildman–Crippen MR) is 126 cm³/mol. The topological polar surface area (TPSA) is 25.8 Å². The molecule has 0 N–H and O–H groups in total. The minimum absolute atomic E-state index is 0.204. The van der Waals surface area contributed by atoms with Crippen molar-refractivity contribution >= 4 is 73.8 Å². The summed E-state index contributed by atoms with van der Waals surface area (Å²) in [6.07, 6.45) is -1.26. The zero-order valence-corrected chi connectivity index (χ0v) is 21.3. The van der Waals surface area contributed by atoms with Crippen molar-refractivity contribution in [3.63, 3.8) is 0 Å². The molecule has 0 bridgehead atoms. The molecule has 0 saturated carbocycles. The number of hydrogen-bond acceptors (Lipinski definition) is 4. The summed E-state index contributed by atoms with van der Waals surface area (Å²) < 4.78 is 74.8. The zero-order valence-electron chi connectivity index (χ0n) is 16.5. The number of nitrogens with zero attached hydrogens (tertiary/aromatic N) is 2. The maximum atomic E-state index is 12.4. The summed E-state index contributed by atoms with van der Waals surface area (Å²) in [5.41, 5.74) is 0.907. The molecule has 4 rings (SSSR count). The van der Waals surface area contributed by atoms with Crippen molar-refractivity contribution in [3.8, 4) is 0 Å². The predicted octanol–water partition coefficient (Wildman–Crippen LogP) is 8.64. The minimum atomic E-state index is -4.29. The molecular weight excluding hydrogens is 589 g/mol. The lowest BCUT2D eigenvalue weighted by Gasteiger charge is -2.19. The number of pyridine rings is 2. The normalized spacial score (nSPS) is 12.2. The van der Waals surface area contributed by atoms with Gasteiger partial charge in [-0.05, 0) is 57.6 Å². The number of aromatic nitrogens is 2. The van der Waals surface area contributed by atoms with E-state index >= 15 is 0 Å². The molecule has 0 aliphatic carbocycles. The van der Waals surface area contributed by atoms with Gasteiger partial charge in [0.25, 0.3) is 0 Å². The summed E-state index contributed by atoms with van der Waals surface area (Å²) in [4.78, 5) is 8.03. The SMILES string of the molecule is C[Si](C)(C)C(F)(F)F.FC(F)(F)c1ccnc2ccsc12.Ic1ccnc2ccsc12. The maximum absolute atomic E-state index is 12.4. The van der Waals surface area contributed by atoms with E-state index in [1.807, 2.05) is 18.3 Å².